The van der Waals surface area contributed by atoms with Gasteiger partial charge in [-0.3, -0.25) is 15.0 Å². The van der Waals surface area contributed by atoms with Crippen molar-refractivity contribution in [2.24, 2.45) is 0 Å². The molecule has 0 saturated carbocycles. The lowest BCUT2D eigenvalue weighted by molar-refractivity contribution is -0.130. The molecule has 104 valence electrons. The van der Waals surface area contributed by atoms with Gasteiger partial charge in [0.05, 0.1) is 25.4 Å². The fourth-order valence-corrected chi connectivity index (χ4v) is 2.70. The van der Waals surface area contributed by atoms with Crippen LogP contribution in [0.5, 0.6) is 0 Å². The van der Waals surface area contributed by atoms with Crippen molar-refractivity contribution in [2.45, 2.75) is 38.9 Å². The third kappa shape index (κ3) is 3.22. The summed E-state index contributed by atoms with van der Waals surface area (Å²) in [4.78, 5) is 16.5. The van der Waals surface area contributed by atoms with E-state index in [4.69, 9.17) is 4.74 Å². The van der Waals surface area contributed by atoms with E-state index < -0.39 is 0 Å². The number of morpholine rings is 1. The van der Waals surface area contributed by atoms with Crippen molar-refractivity contribution in [3.05, 3.63) is 0 Å². The average Bonchev–Trinajstić information content (AvgIpc) is 2.65. The van der Waals surface area contributed by atoms with Gasteiger partial charge in [-0.05, 0) is 13.3 Å². The van der Waals surface area contributed by atoms with E-state index in [1.165, 1.54) is 0 Å². The van der Waals surface area contributed by atoms with Crippen LogP contribution in [0.25, 0.3) is 0 Å². The number of hydrogen-bond donors (Lipinski definition) is 1. The number of nitrogens with one attached hydrogen (secondary N) is 1. The van der Waals surface area contributed by atoms with Crippen LogP contribution in [0.4, 0.5) is 0 Å². The minimum absolute atomic E-state index is 0.0220. The highest BCUT2D eigenvalue weighted by atomic mass is 16.5. The Morgan fingerprint density at radius 2 is 2.06 bits per heavy atom. The molecule has 2 aliphatic heterocycles. The van der Waals surface area contributed by atoms with E-state index in [-0.39, 0.29) is 18.1 Å². The van der Waals surface area contributed by atoms with Crippen molar-refractivity contribution in [2.75, 3.05) is 39.4 Å². The van der Waals surface area contributed by atoms with Crippen molar-refractivity contribution in [1.82, 2.24) is 15.1 Å². The summed E-state index contributed by atoms with van der Waals surface area (Å²) in [5.74, 6) is 0.252. The van der Waals surface area contributed by atoms with Crippen molar-refractivity contribution < 1.29 is 9.53 Å². The lowest BCUT2D eigenvalue weighted by atomic mass is 10.2. The molecule has 1 N–H and O–H groups in total. The molecule has 0 bridgehead atoms. The van der Waals surface area contributed by atoms with E-state index in [2.05, 4.69) is 17.1 Å². The normalized spacial score (nSPS) is 30.1. The van der Waals surface area contributed by atoms with Crippen molar-refractivity contribution >= 4 is 5.91 Å². The molecule has 0 spiro atoms. The molecule has 0 aromatic rings. The number of amides is 1. The van der Waals surface area contributed by atoms with Gasteiger partial charge in [-0.2, -0.15) is 0 Å². The molecule has 2 atom stereocenters. The highest BCUT2D eigenvalue weighted by molar-refractivity contribution is 5.83. The molecule has 0 aliphatic carbocycles. The Morgan fingerprint density at radius 1 is 1.33 bits per heavy atom. The summed E-state index contributed by atoms with van der Waals surface area (Å²) >= 11 is 0. The number of ether oxygens (including phenoxy) is 1. The summed E-state index contributed by atoms with van der Waals surface area (Å²) in [6.45, 7) is 9.54. The molecule has 0 aromatic heterocycles. The monoisotopic (exact) mass is 255 g/mol. The summed E-state index contributed by atoms with van der Waals surface area (Å²) in [6, 6.07) is -0.0220. The van der Waals surface area contributed by atoms with E-state index in [0.29, 0.717) is 0 Å². The van der Waals surface area contributed by atoms with Gasteiger partial charge < -0.3 is 9.64 Å². The lowest BCUT2D eigenvalue weighted by Crippen LogP contribution is -2.45. The number of carbonyl (C=O) groups is 1. The van der Waals surface area contributed by atoms with Gasteiger partial charge in [0.25, 0.3) is 0 Å². The standard InChI is InChI=1S/C13H25N3O2/c1-3-4-12-14-11(2)13(17)16(12)6-5-15-7-9-18-10-8-15/h11-12,14H,3-10H2,1-2H3. The Bertz CT molecular complexity index is 279. The molecule has 0 radical (unpaired) electrons. The fourth-order valence-electron chi connectivity index (χ4n) is 2.70. The van der Waals surface area contributed by atoms with Gasteiger partial charge in [0.15, 0.2) is 0 Å². The number of rotatable bonds is 5. The van der Waals surface area contributed by atoms with Crippen LogP contribution >= 0.6 is 0 Å². The second-order valence-electron chi connectivity index (χ2n) is 5.18. The Labute approximate surface area is 109 Å². The van der Waals surface area contributed by atoms with E-state index >= 15 is 0 Å². The molecule has 5 heteroatoms. The average molecular weight is 255 g/mol. The number of nitrogens with zero attached hydrogens (tertiary/aromatic N) is 2. The molecule has 5 nitrogen and oxygen atoms in total. The van der Waals surface area contributed by atoms with Gasteiger partial charge in [-0.25, -0.2) is 0 Å². The van der Waals surface area contributed by atoms with Crippen LogP contribution in [0.15, 0.2) is 0 Å². The first-order valence-corrected chi connectivity index (χ1v) is 7.09. The third-order valence-corrected chi connectivity index (χ3v) is 3.80. The zero-order chi connectivity index (χ0) is 13.0. The molecular weight excluding hydrogens is 230 g/mol. The van der Waals surface area contributed by atoms with Crippen LogP contribution in [0.1, 0.15) is 26.7 Å². The van der Waals surface area contributed by atoms with Crippen molar-refractivity contribution in [3.8, 4) is 0 Å². The lowest BCUT2D eigenvalue weighted by Gasteiger charge is -2.30. The van der Waals surface area contributed by atoms with E-state index in [9.17, 15) is 4.79 Å². The predicted octanol–water partition coefficient (Wildman–Crippen LogP) is 0.265. The van der Waals surface area contributed by atoms with Gasteiger partial charge in [-0.15, -0.1) is 0 Å². The topological polar surface area (TPSA) is 44.8 Å². The van der Waals surface area contributed by atoms with E-state index in [1.807, 2.05) is 11.8 Å². The Morgan fingerprint density at radius 3 is 2.72 bits per heavy atom. The third-order valence-electron chi connectivity index (χ3n) is 3.80. The highest BCUT2D eigenvalue weighted by Gasteiger charge is 2.35. The maximum absolute atomic E-state index is 12.1. The van der Waals surface area contributed by atoms with Crippen LogP contribution < -0.4 is 5.32 Å². The van der Waals surface area contributed by atoms with Crippen LogP contribution in [-0.4, -0.2) is 67.3 Å². The summed E-state index contributed by atoms with van der Waals surface area (Å²) in [6.07, 6.45) is 2.38. The van der Waals surface area contributed by atoms with Crippen LogP contribution in [0.2, 0.25) is 0 Å². The molecule has 2 rings (SSSR count). The molecule has 18 heavy (non-hydrogen) atoms. The molecular formula is C13H25N3O2. The number of carbonyl (C=O) groups excluding carboxylic acids is 1. The fraction of sp³-hybridized carbons (Fsp3) is 0.923. The Hall–Kier alpha value is -0.650. The van der Waals surface area contributed by atoms with Crippen molar-refractivity contribution in [3.63, 3.8) is 0 Å². The van der Waals surface area contributed by atoms with Gasteiger partial charge >= 0.3 is 0 Å². The summed E-state index contributed by atoms with van der Waals surface area (Å²) in [5.41, 5.74) is 0. The smallest absolute Gasteiger partial charge is 0.240 e. The summed E-state index contributed by atoms with van der Waals surface area (Å²) < 4.78 is 5.33. The maximum atomic E-state index is 12.1. The van der Waals surface area contributed by atoms with E-state index in [1.54, 1.807) is 0 Å². The number of hydrogen-bond acceptors (Lipinski definition) is 4. The summed E-state index contributed by atoms with van der Waals surface area (Å²) in [7, 11) is 0. The zero-order valence-electron chi connectivity index (χ0n) is 11.5. The molecule has 2 aliphatic rings. The second kappa shape index (κ2) is 6.50. The molecule has 1 amide bonds. The van der Waals surface area contributed by atoms with Crippen LogP contribution in [0, 0.1) is 0 Å². The molecule has 2 fully saturated rings. The quantitative estimate of drug-likeness (QED) is 0.766. The molecule has 2 saturated heterocycles. The van der Waals surface area contributed by atoms with Crippen molar-refractivity contribution in [1.29, 1.82) is 0 Å². The molecule has 2 heterocycles. The van der Waals surface area contributed by atoms with Crippen LogP contribution in [0.3, 0.4) is 0 Å². The van der Waals surface area contributed by atoms with Gasteiger partial charge in [-0.1, -0.05) is 13.3 Å². The van der Waals surface area contributed by atoms with Gasteiger partial charge in [0.2, 0.25) is 5.91 Å². The maximum Gasteiger partial charge on any atom is 0.240 e. The first-order chi connectivity index (χ1) is 8.72. The Kier molecular flexibility index (Phi) is 4.97. The van der Waals surface area contributed by atoms with Crippen LogP contribution in [-0.2, 0) is 9.53 Å². The zero-order valence-corrected chi connectivity index (χ0v) is 11.5. The Balaban J connectivity index is 1.83. The first-order valence-electron chi connectivity index (χ1n) is 7.09. The first kappa shape index (κ1) is 13.8. The minimum Gasteiger partial charge on any atom is -0.379 e. The second-order valence-corrected chi connectivity index (χ2v) is 5.18. The molecule has 2 unspecified atom stereocenters. The largest absolute Gasteiger partial charge is 0.379 e. The predicted molar refractivity (Wildman–Crippen MR) is 70.3 cm³/mol. The van der Waals surface area contributed by atoms with Gasteiger partial charge in [0, 0.05) is 26.2 Å². The molecule has 0 aromatic carbocycles. The minimum atomic E-state index is -0.0220. The summed E-state index contributed by atoms with van der Waals surface area (Å²) in [5, 5.41) is 3.38. The SMILES string of the molecule is CCCC1NC(C)C(=O)N1CCN1CCOCC1. The van der Waals surface area contributed by atoms with Gasteiger partial charge in [0.1, 0.15) is 0 Å². The van der Waals surface area contributed by atoms with E-state index in [0.717, 1.165) is 52.2 Å². The highest BCUT2D eigenvalue weighted by Crippen LogP contribution is 2.14.